The lowest BCUT2D eigenvalue weighted by Crippen LogP contribution is -2.26. The van der Waals surface area contributed by atoms with Crippen molar-refractivity contribution in [1.82, 2.24) is 25.9 Å². The Balaban J connectivity index is 1.59. The zero-order chi connectivity index (χ0) is 23.5. The number of aromatic amines is 1. The summed E-state index contributed by atoms with van der Waals surface area (Å²) < 4.78 is 25.9. The minimum absolute atomic E-state index is 0.124. The lowest BCUT2D eigenvalue weighted by molar-refractivity contribution is 0.355. The number of rotatable bonds is 6. The van der Waals surface area contributed by atoms with E-state index in [1.807, 2.05) is 12.1 Å². The highest BCUT2D eigenvalue weighted by molar-refractivity contribution is 7.89. The van der Waals surface area contributed by atoms with Crippen molar-refractivity contribution in [2.45, 2.75) is 62.2 Å². The molecule has 2 heterocycles. The fourth-order valence-corrected chi connectivity index (χ4v) is 6.64. The summed E-state index contributed by atoms with van der Waals surface area (Å²) in [5.74, 6) is 1.25. The molecule has 8 nitrogen and oxygen atoms in total. The average molecular weight is 481 g/mol. The molecule has 0 bridgehead atoms. The molecule has 1 saturated carbocycles. The number of piperidine rings is 1. The Morgan fingerprint density at radius 3 is 2.32 bits per heavy atom. The maximum absolute atomic E-state index is 12.9. The van der Waals surface area contributed by atoms with Gasteiger partial charge in [0.2, 0.25) is 15.8 Å². The van der Waals surface area contributed by atoms with Crippen molar-refractivity contribution in [3.63, 3.8) is 0 Å². The van der Waals surface area contributed by atoms with Crippen LogP contribution in [0.2, 0.25) is 0 Å². The Bertz CT molecular complexity index is 1210. The number of benzene rings is 2. The number of aromatic nitrogens is 4. The van der Waals surface area contributed by atoms with Gasteiger partial charge in [0.15, 0.2) is 0 Å². The first-order valence-electron chi connectivity index (χ1n) is 12.2. The Kier molecular flexibility index (Phi) is 6.76. The fraction of sp³-hybridized carbons (Fsp3) is 0.480. The second-order valence-corrected chi connectivity index (χ2v) is 11.1. The molecule has 1 saturated heterocycles. The number of sulfonamides is 1. The van der Waals surface area contributed by atoms with Gasteiger partial charge in [0.05, 0.1) is 10.5 Å². The normalized spacial score (nSPS) is 18.3. The Labute approximate surface area is 200 Å². The van der Waals surface area contributed by atoms with Crippen LogP contribution in [-0.4, -0.2) is 42.1 Å². The van der Waals surface area contributed by atoms with Gasteiger partial charge >= 0.3 is 0 Å². The van der Waals surface area contributed by atoms with Gasteiger partial charge in [-0.05, 0) is 71.7 Å². The van der Waals surface area contributed by atoms with E-state index >= 15 is 0 Å². The molecule has 2 aliphatic rings. The first-order valence-corrected chi connectivity index (χ1v) is 13.8. The van der Waals surface area contributed by atoms with Gasteiger partial charge < -0.3 is 5.32 Å². The standard InChI is InChI=1S/C25H32N6O2S/c26-34(32,33)24-21(16-17-4-2-1-3-5-17)10-11-22(23(24)25-28-30-31-29-25)20-8-6-18(7-9-20)19-12-14-27-15-13-19/h6-11,17,19,27H,1-5,12-16H2,(H2,26,32,33)(H,28,29,30,31). The molecule has 1 aliphatic heterocycles. The van der Waals surface area contributed by atoms with Crippen molar-refractivity contribution in [2.24, 2.45) is 11.1 Å². The van der Waals surface area contributed by atoms with E-state index in [1.54, 1.807) is 0 Å². The van der Waals surface area contributed by atoms with E-state index in [9.17, 15) is 8.42 Å². The monoisotopic (exact) mass is 480 g/mol. The van der Waals surface area contributed by atoms with Gasteiger partial charge in [-0.2, -0.15) is 5.21 Å². The summed E-state index contributed by atoms with van der Waals surface area (Å²) in [6.07, 6.45) is 8.79. The van der Waals surface area contributed by atoms with E-state index < -0.39 is 10.0 Å². The lowest BCUT2D eigenvalue weighted by Gasteiger charge is -2.24. The van der Waals surface area contributed by atoms with Crippen LogP contribution in [0.3, 0.4) is 0 Å². The smallest absolute Gasteiger partial charge is 0.239 e. The van der Waals surface area contributed by atoms with E-state index in [0.717, 1.165) is 55.5 Å². The molecule has 1 aromatic heterocycles. The van der Waals surface area contributed by atoms with Crippen LogP contribution in [0.1, 0.15) is 62.0 Å². The Morgan fingerprint density at radius 1 is 0.941 bits per heavy atom. The molecule has 34 heavy (non-hydrogen) atoms. The molecule has 2 aromatic carbocycles. The number of H-pyrrole nitrogens is 1. The lowest BCUT2D eigenvalue weighted by atomic mass is 9.83. The van der Waals surface area contributed by atoms with Crippen LogP contribution in [-0.2, 0) is 16.4 Å². The van der Waals surface area contributed by atoms with Gasteiger partial charge in [-0.3, -0.25) is 0 Å². The number of hydrogen-bond donors (Lipinski definition) is 3. The molecule has 9 heteroatoms. The topological polar surface area (TPSA) is 127 Å². The molecule has 4 N–H and O–H groups in total. The second kappa shape index (κ2) is 9.93. The SMILES string of the molecule is NS(=O)(=O)c1c(CC2CCCCC2)ccc(-c2ccc(C3CCNCC3)cc2)c1-c1nn[nH]n1. The van der Waals surface area contributed by atoms with Crippen LogP contribution in [0.4, 0.5) is 0 Å². The largest absolute Gasteiger partial charge is 0.317 e. The van der Waals surface area contributed by atoms with E-state index in [4.69, 9.17) is 5.14 Å². The number of hydrogen-bond acceptors (Lipinski definition) is 6. The molecule has 2 fully saturated rings. The number of nitrogens with two attached hydrogens (primary N) is 1. The third-order valence-corrected chi connectivity index (χ3v) is 8.39. The summed E-state index contributed by atoms with van der Waals surface area (Å²) >= 11 is 0. The van der Waals surface area contributed by atoms with E-state index in [0.29, 0.717) is 23.8 Å². The summed E-state index contributed by atoms with van der Waals surface area (Å²) in [4.78, 5) is 0.124. The molecule has 3 aromatic rings. The van der Waals surface area contributed by atoms with Gasteiger partial charge in [-0.25, -0.2) is 13.6 Å². The molecule has 0 spiro atoms. The highest BCUT2D eigenvalue weighted by Gasteiger charge is 2.28. The van der Waals surface area contributed by atoms with Gasteiger partial charge in [0, 0.05) is 0 Å². The highest BCUT2D eigenvalue weighted by atomic mass is 32.2. The van der Waals surface area contributed by atoms with Crippen LogP contribution in [0.15, 0.2) is 41.3 Å². The minimum atomic E-state index is -4.03. The van der Waals surface area contributed by atoms with Crippen molar-refractivity contribution < 1.29 is 8.42 Å². The molecule has 0 atom stereocenters. The zero-order valence-electron chi connectivity index (χ0n) is 19.3. The number of nitrogens with zero attached hydrogens (tertiary/aromatic N) is 3. The summed E-state index contributed by atoms with van der Waals surface area (Å²) in [5, 5.41) is 23.7. The molecule has 0 unspecified atom stereocenters. The maximum Gasteiger partial charge on any atom is 0.239 e. The number of primary sulfonamides is 1. The molecule has 5 rings (SSSR count). The first-order chi connectivity index (χ1) is 16.5. The van der Waals surface area contributed by atoms with Crippen LogP contribution in [0, 0.1) is 5.92 Å². The van der Waals surface area contributed by atoms with Crippen molar-refractivity contribution in [3.8, 4) is 22.5 Å². The van der Waals surface area contributed by atoms with Gasteiger partial charge in [-0.15, -0.1) is 10.2 Å². The summed E-state index contributed by atoms with van der Waals surface area (Å²) in [7, 11) is -4.03. The van der Waals surface area contributed by atoms with Crippen molar-refractivity contribution in [2.75, 3.05) is 13.1 Å². The van der Waals surface area contributed by atoms with E-state index in [2.05, 4.69) is 50.2 Å². The van der Waals surface area contributed by atoms with Crippen molar-refractivity contribution in [1.29, 1.82) is 0 Å². The van der Waals surface area contributed by atoms with Crippen LogP contribution in [0.25, 0.3) is 22.5 Å². The third kappa shape index (κ3) is 4.92. The quantitative estimate of drug-likeness (QED) is 0.493. The highest BCUT2D eigenvalue weighted by Crippen LogP contribution is 2.39. The van der Waals surface area contributed by atoms with Gasteiger partial charge in [0.25, 0.3) is 0 Å². The maximum atomic E-state index is 12.9. The van der Waals surface area contributed by atoms with Crippen LogP contribution < -0.4 is 10.5 Å². The summed E-state index contributed by atoms with van der Waals surface area (Å²) in [6.45, 7) is 2.07. The van der Waals surface area contributed by atoms with Gasteiger partial charge in [0.1, 0.15) is 0 Å². The Hall–Kier alpha value is -2.62. The number of tetrazole rings is 1. The predicted molar refractivity (Wildman–Crippen MR) is 132 cm³/mol. The third-order valence-electron chi connectivity index (χ3n) is 7.36. The predicted octanol–water partition coefficient (Wildman–Crippen LogP) is 3.77. The zero-order valence-corrected chi connectivity index (χ0v) is 20.2. The van der Waals surface area contributed by atoms with Crippen LogP contribution >= 0.6 is 0 Å². The molecular weight excluding hydrogens is 448 g/mol. The first kappa shape index (κ1) is 23.1. The minimum Gasteiger partial charge on any atom is -0.317 e. The molecule has 1 aliphatic carbocycles. The fourth-order valence-electron chi connectivity index (χ4n) is 5.63. The summed E-state index contributed by atoms with van der Waals surface area (Å²) in [5.41, 5.74) is 4.14. The number of nitrogens with one attached hydrogen (secondary N) is 2. The molecule has 0 radical (unpaired) electrons. The van der Waals surface area contributed by atoms with E-state index in [-0.39, 0.29) is 10.7 Å². The van der Waals surface area contributed by atoms with Gasteiger partial charge in [-0.1, -0.05) is 68.5 Å². The second-order valence-electron chi connectivity index (χ2n) is 9.61. The average Bonchev–Trinajstić information content (AvgIpc) is 3.39. The van der Waals surface area contributed by atoms with E-state index in [1.165, 1.54) is 24.8 Å². The van der Waals surface area contributed by atoms with Crippen molar-refractivity contribution >= 4 is 10.0 Å². The van der Waals surface area contributed by atoms with Crippen molar-refractivity contribution in [3.05, 3.63) is 47.5 Å². The molecule has 180 valence electrons. The summed E-state index contributed by atoms with van der Waals surface area (Å²) in [6, 6.07) is 12.3. The molecule has 0 amide bonds. The Morgan fingerprint density at radius 2 is 1.68 bits per heavy atom. The molecular formula is C25H32N6O2S. The van der Waals surface area contributed by atoms with Crippen LogP contribution in [0.5, 0.6) is 0 Å².